The van der Waals surface area contributed by atoms with Crippen LogP contribution >= 0.6 is 0 Å². The quantitative estimate of drug-likeness (QED) is 0.696. The van der Waals surface area contributed by atoms with Gasteiger partial charge in [-0.1, -0.05) is 54.6 Å². The first kappa shape index (κ1) is 11.7. The van der Waals surface area contributed by atoms with Crippen LogP contribution in [0.5, 0.6) is 0 Å². The highest BCUT2D eigenvalue weighted by atomic mass is 15.5. The van der Waals surface area contributed by atoms with Crippen molar-refractivity contribution in [2.45, 2.75) is 6.92 Å². The van der Waals surface area contributed by atoms with E-state index in [4.69, 9.17) is 0 Å². The molecule has 0 saturated heterocycles. The van der Waals surface area contributed by atoms with Gasteiger partial charge in [-0.25, -0.2) is 0 Å². The van der Waals surface area contributed by atoms with Gasteiger partial charge in [-0.2, -0.15) is 15.0 Å². The van der Waals surface area contributed by atoms with E-state index in [1.54, 1.807) is 4.80 Å². The fourth-order valence-electron chi connectivity index (χ4n) is 2.22. The van der Waals surface area contributed by atoms with Gasteiger partial charge in [0.1, 0.15) is 11.4 Å². The molecule has 2 aromatic carbocycles. The molecule has 3 aromatic rings. The molecule has 0 aliphatic rings. The molecule has 0 radical (unpaired) electrons. The third kappa shape index (κ3) is 2.15. The molecule has 0 amide bonds. The van der Waals surface area contributed by atoms with Gasteiger partial charge in [0.25, 0.3) is 0 Å². The van der Waals surface area contributed by atoms with Gasteiger partial charge in [0, 0.05) is 18.2 Å². The molecule has 0 unspecified atom stereocenters. The molecular formula is C16H15N3. The second kappa shape index (κ2) is 4.69. The van der Waals surface area contributed by atoms with E-state index in [-0.39, 0.29) is 0 Å². The Labute approximate surface area is 112 Å². The minimum atomic E-state index is 0.928. The van der Waals surface area contributed by atoms with Crippen molar-refractivity contribution in [3.63, 3.8) is 0 Å². The number of benzene rings is 2. The molecule has 0 saturated carbocycles. The lowest BCUT2D eigenvalue weighted by Crippen LogP contribution is -1.92. The molecule has 0 fully saturated rings. The Morgan fingerprint density at radius 1 is 0.789 bits per heavy atom. The van der Waals surface area contributed by atoms with Crippen LogP contribution in [0, 0.1) is 6.92 Å². The minimum absolute atomic E-state index is 0.928. The minimum Gasteiger partial charge on any atom is -0.187 e. The van der Waals surface area contributed by atoms with Gasteiger partial charge >= 0.3 is 0 Å². The Morgan fingerprint density at radius 2 is 1.42 bits per heavy atom. The van der Waals surface area contributed by atoms with Crippen LogP contribution in [0.4, 0.5) is 0 Å². The SMILES string of the molecule is Cc1ccccc1-c1nn(C)nc1-c1ccccc1. The molecule has 94 valence electrons. The summed E-state index contributed by atoms with van der Waals surface area (Å²) < 4.78 is 0. The van der Waals surface area contributed by atoms with E-state index in [1.165, 1.54) is 5.56 Å². The van der Waals surface area contributed by atoms with Crippen molar-refractivity contribution in [2.75, 3.05) is 0 Å². The first-order chi connectivity index (χ1) is 9.25. The van der Waals surface area contributed by atoms with Crippen molar-refractivity contribution in [1.82, 2.24) is 15.0 Å². The van der Waals surface area contributed by atoms with Crippen LogP contribution in [-0.2, 0) is 7.05 Å². The Balaban J connectivity index is 2.21. The summed E-state index contributed by atoms with van der Waals surface area (Å²) in [6.07, 6.45) is 0. The second-order valence-corrected chi connectivity index (χ2v) is 4.57. The first-order valence-electron chi connectivity index (χ1n) is 6.28. The summed E-state index contributed by atoms with van der Waals surface area (Å²) in [5, 5.41) is 9.03. The fraction of sp³-hybridized carbons (Fsp3) is 0.125. The number of hydrogen-bond acceptors (Lipinski definition) is 2. The van der Waals surface area contributed by atoms with Gasteiger partial charge in [0.2, 0.25) is 0 Å². The van der Waals surface area contributed by atoms with Crippen LogP contribution in [0.25, 0.3) is 22.5 Å². The molecule has 3 rings (SSSR count). The summed E-state index contributed by atoms with van der Waals surface area (Å²) in [6, 6.07) is 18.4. The van der Waals surface area contributed by atoms with Crippen LogP contribution in [0.2, 0.25) is 0 Å². The lowest BCUT2D eigenvalue weighted by molar-refractivity contribution is 0.657. The van der Waals surface area contributed by atoms with Gasteiger partial charge in [-0.15, -0.1) is 0 Å². The first-order valence-corrected chi connectivity index (χ1v) is 6.28. The summed E-state index contributed by atoms with van der Waals surface area (Å²) in [5.41, 5.74) is 5.30. The second-order valence-electron chi connectivity index (χ2n) is 4.57. The molecule has 1 aromatic heterocycles. The lowest BCUT2D eigenvalue weighted by Gasteiger charge is -2.04. The van der Waals surface area contributed by atoms with Crippen molar-refractivity contribution in [3.8, 4) is 22.5 Å². The Kier molecular flexibility index (Phi) is 2.88. The molecule has 3 heteroatoms. The van der Waals surface area contributed by atoms with Gasteiger partial charge < -0.3 is 0 Å². The van der Waals surface area contributed by atoms with Crippen molar-refractivity contribution in [2.24, 2.45) is 7.05 Å². The summed E-state index contributed by atoms with van der Waals surface area (Å²) in [4.78, 5) is 1.63. The molecule has 0 spiro atoms. The standard InChI is InChI=1S/C16H15N3/c1-12-8-6-7-11-14(12)16-15(17-19(2)18-16)13-9-4-3-5-10-13/h3-11H,1-2H3. The number of rotatable bonds is 2. The van der Waals surface area contributed by atoms with Gasteiger partial charge in [-0.3, -0.25) is 0 Å². The molecule has 0 N–H and O–H groups in total. The highest BCUT2D eigenvalue weighted by Gasteiger charge is 2.14. The fourth-order valence-corrected chi connectivity index (χ4v) is 2.22. The van der Waals surface area contributed by atoms with E-state index < -0.39 is 0 Å². The zero-order valence-corrected chi connectivity index (χ0v) is 11.0. The predicted molar refractivity (Wildman–Crippen MR) is 76.6 cm³/mol. The van der Waals surface area contributed by atoms with E-state index in [9.17, 15) is 0 Å². The Hall–Kier alpha value is -2.42. The van der Waals surface area contributed by atoms with E-state index in [2.05, 4.69) is 41.4 Å². The van der Waals surface area contributed by atoms with Crippen LogP contribution in [0.1, 0.15) is 5.56 Å². The monoisotopic (exact) mass is 249 g/mol. The van der Waals surface area contributed by atoms with Gasteiger partial charge in [0.05, 0.1) is 0 Å². The molecule has 0 aliphatic heterocycles. The smallest absolute Gasteiger partial charge is 0.121 e. The highest BCUT2D eigenvalue weighted by molar-refractivity contribution is 5.78. The molecule has 0 aliphatic carbocycles. The zero-order chi connectivity index (χ0) is 13.2. The average molecular weight is 249 g/mol. The van der Waals surface area contributed by atoms with Crippen LogP contribution in [0.3, 0.4) is 0 Å². The topological polar surface area (TPSA) is 30.7 Å². The van der Waals surface area contributed by atoms with Crippen molar-refractivity contribution >= 4 is 0 Å². The summed E-state index contributed by atoms with van der Waals surface area (Å²) in [7, 11) is 1.86. The Morgan fingerprint density at radius 3 is 2.16 bits per heavy atom. The summed E-state index contributed by atoms with van der Waals surface area (Å²) in [5.74, 6) is 0. The molecular weight excluding hydrogens is 234 g/mol. The lowest BCUT2D eigenvalue weighted by atomic mass is 10.0. The molecule has 0 atom stereocenters. The average Bonchev–Trinajstić information content (AvgIpc) is 2.82. The maximum absolute atomic E-state index is 4.52. The number of aryl methyl sites for hydroxylation is 2. The van der Waals surface area contributed by atoms with E-state index in [1.807, 2.05) is 37.4 Å². The maximum Gasteiger partial charge on any atom is 0.121 e. The normalized spacial score (nSPS) is 10.6. The van der Waals surface area contributed by atoms with Gasteiger partial charge in [-0.05, 0) is 12.5 Å². The molecule has 19 heavy (non-hydrogen) atoms. The van der Waals surface area contributed by atoms with Crippen molar-refractivity contribution < 1.29 is 0 Å². The van der Waals surface area contributed by atoms with Crippen LogP contribution in [-0.4, -0.2) is 15.0 Å². The third-order valence-corrected chi connectivity index (χ3v) is 3.16. The van der Waals surface area contributed by atoms with Gasteiger partial charge in [0.15, 0.2) is 0 Å². The van der Waals surface area contributed by atoms with Crippen molar-refractivity contribution in [1.29, 1.82) is 0 Å². The third-order valence-electron chi connectivity index (χ3n) is 3.16. The van der Waals surface area contributed by atoms with E-state index >= 15 is 0 Å². The molecule has 0 bridgehead atoms. The summed E-state index contributed by atoms with van der Waals surface area (Å²) >= 11 is 0. The highest BCUT2D eigenvalue weighted by Crippen LogP contribution is 2.30. The van der Waals surface area contributed by atoms with E-state index in [0.717, 1.165) is 22.5 Å². The zero-order valence-electron chi connectivity index (χ0n) is 11.0. The van der Waals surface area contributed by atoms with Crippen LogP contribution in [0.15, 0.2) is 54.6 Å². The van der Waals surface area contributed by atoms with E-state index in [0.29, 0.717) is 0 Å². The maximum atomic E-state index is 4.52. The number of aromatic nitrogens is 3. The molecule has 3 nitrogen and oxygen atoms in total. The largest absolute Gasteiger partial charge is 0.187 e. The van der Waals surface area contributed by atoms with Crippen LogP contribution < -0.4 is 0 Å². The summed E-state index contributed by atoms with van der Waals surface area (Å²) in [6.45, 7) is 2.10. The Bertz CT molecular complexity index is 699. The number of hydrogen-bond donors (Lipinski definition) is 0. The predicted octanol–water partition coefficient (Wildman–Crippen LogP) is 3.46. The van der Waals surface area contributed by atoms with Crippen molar-refractivity contribution in [3.05, 3.63) is 60.2 Å². The molecule has 1 heterocycles. The number of nitrogens with zero attached hydrogens (tertiary/aromatic N) is 3.